The first-order valence-corrected chi connectivity index (χ1v) is 24.6. The number of carbonyl (C=O) groups is 2. The van der Waals surface area contributed by atoms with Gasteiger partial charge in [-0.1, -0.05) is 24.3 Å². The van der Waals surface area contributed by atoms with E-state index in [9.17, 15) is 19.7 Å². The number of nitrogens with one attached hydrogen (secondary N) is 6. The number of ether oxygens (including phenoxy) is 4. The average molecular weight is 1160 g/mol. The van der Waals surface area contributed by atoms with E-state index in [1.165, 1.54) is 25.3 Å². The maximum absolute atomic E-state index is 12.5. The van der Waals surface area contributed by atoms with Gasteiger partial charge in [-0.3, -0.25) is 19.7 Å². The Hall–Kier alpha value is -8.50. The monoisotopic (exact) mass is 1160 g/mol. The van der Waals surface area contributed by atoms with Crippen LogP contribution in [0, 0.1) is 31.4 Å². The molecule has 0 saturated carbocycles. The Morgan fingerprint density at radius 1 is 0.641 bits per heavy atom. The van der Waals surface area contributed by atoms with Gasteiger partial charge in [-0.15, -0.1) is 0 Å². The van der Waals surface area contributed by atoms with Crippen molar-refractivity contribution in [2.75, 3.05) is 68.5 Å². The van der Waals surface area contributed by atoms with Crippen LogP contribution in [-0.4, -0.2) is 97.8 Å². The molecule has 2 aliphatic rings. The zero-order chi connectivity index (χ0) is 53.5. The fraction of sp³-hybridized carbons (Fsp3) is 0.302. The number of hydrogen-bond acceptors (Lipinski definition) is 19. The summed E-state index contributed by atoms with van der Waals surface area (Å²) in [5.41, 5.74) is 12.0. The van der Waals surface area contributed by atoms with E-state index in [1.807, 2.05) is 42.8 Å². The molecular weight excluding hydrogens is 1100 g/mol. The summed E-state index contributed by atoms with van der Waals surface area (Å²) in [7, 11) is 6.22. The summed E-state index contributed by atoms with van der Waals surface area (Å²) >= 11 is 0. The molecule has 412 valence electrons. The molecule has 10 rings (SSSR count). The van der Waals surface area contributed by atoms with Crippen LogP contribution < -0.4 is 47.1 Å². The molecule has 2 amide bonds. The van der Waals surface area contributed by atoms with Crippen LogP contribution in [-0.2, 0) is 29.9 Å². The second-order valence-electron chi connectivity index (χ2n) is 17.7. The van der Waals surface area contributed by atoms with Crippen LogP contribution >= 0.6 is 0 Å². The molecule has 0 spiro atoms. The molecule has 25 heteroatoms. The first-order chi connectivity index (χ1) is 36.9. The summed E-state index contributed by atoms with van der Waals surface area (Å²) in [6, 6.07) is 23.8. The Balaban J connectivity index is 0.000000221. The molecule has 24 nitrogen and oxygen atoms in total. The van der Waals surface area contributed by atoms with Gasteiger partial charge in [0.15, 0.2) is 23.8 Å². The number of nitrogens with zero attached hydrogens (tertiary/aromatic N) is 9. The molecule has 0 aliphatic carbocycles. The molecule has 8 N–H and O–H groups in total. The van der Waals surface area contributed by atoms with Crippen molar-refractivity contribution in [2.24, 2.45) is 0 Å². The minimum Gasteiger partial charge on any atom is -0.495 e. The Morgan fingerprint density at radius 2 is 1.09 bits per heavy atom. The van der Waals surface area contributed by atoms with Gasteiger partial charge in [-0.25, -0.2) is 9.36 Å². The van der Waals surface area contributed by atoms with Gasteiger partial charge in [0.2, 0.25) is 11.9 Å². The molecule has 0 bridgehead atoms. The first kappa shape index (κ1) is 57.2. The van der Waals surface area contributed by atoms with Crippen LogP contribution in [0.25, 0.3) is 22.1 Å². The zero-order valence-corrected chi connectivity index (χ0v) is 45.6. The van der Waals surface area contributed by atoms with Crippen molar-refractivity contribution in [3.8, 4) is 11.5 Å². The number of amides is 2. The summed E-state index contributed by atoms with van der Waals surface area (Å²) in [4.78, 5) is 55.0. The van der Waals surface area contributed by atoms with Gasteiger partial charge in [0.25, 0.3) is 17.5 Å². The van der Waals surface area contributed by atoms with E-state index < -0.39 is 4.92 Å². The van der Waals surface area contributed by atoms with Gasteiger partial charge < -0.3 is 64.0 Å². The molecule has 2 atom stereocenters. The fourth-order valence-electron chi connectivity index (χ4n) is 9.02. The molecule has 6 heterocycles. The second-order valence-corrected chi connectivity index (χ2v) is 17.7. The molecule has 0 radical (unpaired) electrons. The summed E-state index contributed by atoms with van der Waals surface area (Å²) in [5, 5.41) is 40.6. The van der Waals surface area contributed by atoms with Gasteiger partial charge in [0.1, 0.15) is 23.1 Å². The van der Waals surface area contributed by atoms with Crippen LogP contribution in [0.15, 0.2) is 84.9 Å². The number of nitro groups is 1. The van der Waals surface area contributed by atoms with Crippen LogP contribution in [0.3, 0.4) is 0 Å². The number of hydrogen-bond donors (Lipinski definition) is 7. The minimum atomic E-state index is -0.490. The Bertz CT molecular complexity index is 3450. The first-order valence-electron chi connectivity index (χ1n) is 24.6. The topological polar surface area (TPSA) is 300 Å². The van der Waals surface area contributed by atoms with E-state index >= 15 is 0 Å². The number of benzene rings is 4. The summed E-state index contributed by atoms with van der Waals surface area (Å²) in [6.07, 6.45) is 5.15. The van der Waals surface area contributed by atoms with Crippen LogP contribution in [0.2, 0.25) is 0 Å². The normalized spacial score (nSPS) is 14.8. The van der Waals surface area contributed by atoms with Gasteiger partial charge in [-0.05, 0) is 101 Å². The number of non-ortho nitro benzene ring substituents is 1. The second kappa shape index (κ2) is 25.6. The van der Waals surface area contributed by atoms with Crippen molar-refractivity contribution >= 4 is 91.5 Å². The number of para-hydroxylation sites is 2. The minimum absolute atomic E-state index is 0. The fourth-order valence-corrected chi connectivity index (χ4v) is 9.02. The Morgan fingerprint density at radius 3 is 1.51 bits per heavy atom. The number of rotatable bonds is 15. The van der Waals surface area contributed by atoms with E-state index in [-0.39, 0.29) is 63.8 Å². The zero-order valence-electron chi connectivity index (χ0n) is 44.1. The predicted octanol–water partition coefficient (Wildman–Crippen LogP) is 9.32. The van der Waals surface area contributed by atoms with Crippen LogP contribution in [0.5, 0.6) is 11.5 Å². The molecule has 78 heavy (non-hydrogen) atoms. The summed E-state index contributed by atoms with van der Waals surface area (Å²) < 4.78 is 26.5. The average Bonchev–Trinajstić information content (AvgIpc) is 4.04. The van der Waals surface area contributed by atoms with Crippen LogP contribution in [0.1, 0.15) is 83.1 Å². The molecule has 2 fully saturated rings. The number of nitrogens with two attached hydrogens (primary N) is 1. The van der Waals surface area contributed by atoms with Crippen molar-refractivity contribution in [3.63, 3.8) is 0 Å². The van der Waals surface area contributed by atoms with E-state index in [0.29, 0.717) is 104 Å². The van der Waals surface area contributed by atoms with E-state index in [2.05, 4.69) is 31.9 Å². The number of aryl methyl sites for hydroxylation is 2. The van der Waals surface area contributed by atoms with Crippen LogP contribution in [0.4, 0.5) is 57.7 Å². The summed E-state index contributed by atoms with van der Waals surface area (Å²) in [5.74, 6) is 1.88. The SMILES string of the molecule is CNC(=O)c1ccccc1Nc1nc(Nc2cc(N)ccc2OC)nc2c1c(C)nn2C1CCCCO1.CNC(=O)c1ccccc1Nc1nc(Nc2cc([N+](=O)[O-])ccc2OC)nc2c1c(C)nn2C1CCCCO1.[CH3-].[Pd]. The number of fused-ring (bicyclic) bond motifs is 2. The predicted molar refractivity (Wildman–Crippen MR) is 294 cm³/mol. The van der Waals surface area contributed by atoms with Gasteiger partial charge >= 0.3 is 0 Å². The van der Waals surface area contributed by atoms with Crippen molar-refractivity contribution < 1.29 is 53.9 Å². The number of aromatic nitrogens is 8. The third kappa shape index (κ3) is 12.3. The van der Waals surface area contributed by atoms with Gasteiger partial charge in [0.05, 0.1) is 75.2 Å². The number of carbonyl (C=O) groups excluding carboxylic acids is 2. The summed E-state index contributed by atoms with van der Waals surface area (Å²) in [6.45, 7) is 5.07. The molecule has 2 unspecified atom stereocenters. The molecular formula is C53H61N16O8Pd-. The van der Waals surface area contributed by atoms with Gasteiger partial charge in [-0.2, -0.15) is 30.1 Å². The number of nitrogen functional groups attached to an aromatic ring is 1. The smallest absolute Gasteiger partial charge is 0.271 e. The third-order valence-electron chi connectivity index (χ3n) is 12.7. The molecule has 8 aromatic rings. The molecule has 2 saturated heterocycles. The molecule has 4 aromatic carbocycles. The molecule has 4 aromatic heterocycles. The molecule has 2 aliphatic heterocycles. The Kier molecular flexibility index (Phi) is 18.7. The number of methoxy groups -OCH3 is 2. The maximum Gasteiger partial charge on any atom is 0.271 e. The third-order valence-corrected chi connectivity index (χ3v) is 12.7. The standard InChI is InChI=1S/C26H28N8O5.C26H30N8O3.CH3.Pd/c1-15-22-23(28-18-9-5-4-8-17(18)25(35)27-2)30-26(29-19-14-16(34(36)37)11-12-20(19)38-3)31-24(22)33(32-15)21-10-6-7-13-39-21;1-15-22-23(29-18-9-5-4-8-17(18)25(35)28-2)31-26(30-19-14-16(27)11-12-20(19)36-3)32-24(22)34(33-15)21-10-6-7-13-37-21;;/h4-5,8-9,11-12,14,21H,6-7,10,13H2,1-3H3,(H,27,35)(H2,28,29,30,31);4-5,8-9,11-12,14,21H,6-7,10,13,27H2,1-3H3,(H,28,35)(H2,29,30,31,32);1H3;/q;;-1;. The van der Waals surface area contributed by atoms with E-state index in [0.717, 1.165) is 49.6 Å². The quantitative estimate of drug-likeness (QED) is 0.0165. The van der Waals surface area contributed by atoms with E-state index in [4.69, 9.17) is 54.8 Å². The largest absolute Gasteiger partial charge is 0.495 e. The maximum atomic E-state index is 12.5. The van der Waals surface area contributed by atoms with Crippen molar-refractivity contribution in [1.29, 1.82) is 0 Å². The number of nitro benzene ring substituents is 1. The van der Waals surface area contributed by atoms with Crippen molar-refractivity contribution in [1.82, 2.24) is 50.1 Å². The van der Waals surface area contributed by atoms with Gasteiger partial charge in [0, 0.05) is 65.6 Å². The van der Waals surface area contributed by atoms with Crippen molar-refractivity contribution in [2.45, 2.75) is 64.8 Å². The Labute approximate surface area is 463 Å². The van der Waals surface area contributed by atoms with E-state index in [1.54, 1.807) is 68.4 Å². The van der Waals surface area contributed by atoms with Crippen molar-refractivity contribution in [3.05, 3.63) is 125 Å². The number of anilines is 9.